The Kier molecular flexibility index (Phi) is 7.88. The Labute approximate surface area is 188 Å². The number of allylic oxidation sites excluding steroid dienone is 1. The molecule has 3 aromatic rings. The summed E-state index contributed by atoms with van der Waals surface area (Å²) in [6.45, 7) is 2.06. The molecule has 0 saturated carbocycles. The van der Waals surface area contributed by atoms with E-state index < -0.39 is 10.0 Å². The number of hydrogen-bond donors (Lipinski definition) is 1. The minimum absolute atomic E-state index is 0. The molecule has 0 radical (unpaired) electrons. The molecule has 0 aliphatic heterocycles. The van der Waals surface area contributed by atoms with Crippen LogP contribution < -0.4 is 10.5 Å². The average molecular weight is 468 g/mol. The molecule has 1 heterocycles. The smallest absolute Gasteiger partial charge is 0.242 e. The van der Waals surface area contributed by atoms with Crippen LogP contribution in [0.5, 0.6) is 5.75 Å². The summed E-state index contributed by atoms with van der Waals surface area (Å²) in [6.07, 6.45) is 1.35. The van der Waals surface area contributed by atoms with Crippen molar-refractivity contribution >= 4 is 33.3 Å². The van der Waals surface area contributed by atoms with Crippen LogP contribution in [-0.4, -0.2) is 45.0 Å². The van der Waals surface area contributed by atoms with Gasteiger partial charge < -0.3 is 15.0 Å². The number of nitrogens with two attached hydrogens (primary N) is 1. The Hall–Kier alpha value is -2.39. The number of fused-ring (bicyclic) bond motifs is 1. The monoisotopic (exact) mass is 467 g/mol. The fourth-order valence-electron chi connectivity index (χ4n) is 3.52. The van der Waals surface area contributed by atoms with Crippen LogP contribution in [0.25, 0.3) is 22.0 Å². The van der Waals surface area contributed by atoms with Gasteiger partial charge in [0.15, 0.2) is 0 Å². The van der Waals surface area contributed by atoms with Crippen LogP contribution in [0.4, 0.5) is 4.39 Å². The first-order valence-corrected chi connectivity index (χ1v) is 10.9. The Morgan fingerprint density at radius 2 is 1.94 bits per heavy atom. The number of rotatable bonds is 7. The highest BCUT2D eigenvalue weighted by atomic mass is 35.5. The lowest BCUT2D eigenvalue weighted by Crippen LogP contribution is -2.22. The first-order valence-electron chi connectivity index (χ1n) is 9.45. The molecule has 6 nitrogen and oxygen atoms in total. The first-order chi connectivity index (χ1) is 14.2. The molecule has 0 bridgehead atoms. The second kappa shape index (κ2) is 9.82. The van der Waals surface area contributed by atoms with Gasteiger partial charge in [0.05, 0.1) is 18.6 Å². The standard InChI is InChI=1S/C22H26FN3O3S.ClH/c1-15-22(16-6-5-7-19(12-16)30(27,28)25(2)3)20-13-18(29-4)8-9-21(20)26(15)14-17(23)10-11-24;/h5-10,12-13H,11,14,24H2,1-4H3;1H. The Balaban J connectivity index is 0.00000341. The number of sulfonamides is 1. The maximum Gasteiger partial charge on any atom is 0.242 e. The van der Waals surface area contributed by atoms with Gasteiger partial charge in [-0.15, -0.1) is 12.4 Å². The van der Waals surface area contributed by atoms with E-state index in [1.807, 2.05) is 35.8 Å². The number of benzene rings is 2. The Bertz CT molecular complexity index is 1220. The maximum absolute atomic E-state index is 14.3. The SMILES string of the molecule is COc1ccc2c(c1)c(-c1cccc(S(=O)(=O)N(C)C)c1)c(C)n2CC(F)=CCN.Cl. The summed E-state index contributed by atoms with van der Waals surface area (Å²) in [4.78, 5) is 0.197. The van der Waals surface area contributed by atoms with Gasteiger partial charge in [0.1, 0.15) is 11.6 Å². The van der Waals surface area contributed by atoms with Gasteiger partial charge in [-0.05, 0) is 48.9 Å². The second-order valence-electron chi connectivity index (χ2n) is 7.13. The summed E-state index contributed by atoms with van der Waals surface area (Å²) in [7, 11) is 0.988. The van der Waals surface area contributed by atoms with Crippen LogP contribution in [-0.2, 0) is 16.6 Å². The first kappa shape index (κ1) is 24.9. The van der Waals surface area contributed by atoms with Crippen molar-refractivity contribution in [1.29, 1.82) is 0 Å². The van der Waals surface area contributed by atoms with Crippen molar-refractivity contribution in [2.75, 3.05) is 27.7 Å². The summed E-state index contributed by atoms with van der Waals surface area (Å²) < 4.78 is 48.0. The molecule has 0 unspecified atom stereocenters. The molecule has 0 aliphatic carbocycles. The molecule has 31 heavy (non-hydrogen) atoms. The molecule has 3 rings (SSSR count). The summed E-state index contributed by atoms with van der Waals surface area (Å²) in [5.41, 5.74) is 8.65. The van der Waals surface area contributed by atoms with Gasteiger partial charge in [-0.3, -0.25) is 0 Å². The molecular formula is C22H27ClFN3O3S. The molecule has 2 N–H and O–H groups in total. The van der Waals surface area contributed by atoms with E-state index in [9.17, 15) is 12.8 Å². The average Bonchev–Trinajstić information content (AvgIpc) is 2.98. The second-order valence-corrected chi connectivity index (χ2v) is 9.28. The van der Waals surface area contributed by atoms with Gasteiger partial charge in [0.2, 0.25) is 10.0 Å². The predicted molar refractivity (Wildman–Crippen MR) is 125 cm³/mol. The molecule has 0 spiro atoms. The largest absolute Gasteiger partial charge is 0.497 e. The van der Waals surface area contributed by atoms with Gasteiger partial charge in [-0.1, -0.05) is 12.1 Å². The van der Waals surface area contributed by atoms with Crippen LogP contribution in [0.15, 0.2) is 59.3 Å². The minimum Gasteiger partial charge on any atom is -0.497 e. The number of aromatic nitrogens is 1. The van der Waals surface area contributed by atoms with Crippen molar-refractivity contribution in [1.82, 2.24) is 8.87 Å². The van der Waals surface area contributed by atoms with E-state index in [1.54, 1.807) is 25.3 Å². The van der Waals surface area contributed by atoms with E-state index in [1.165, 1.54) is 24.5 Å². The zero-order valence-corrected chi connectivity index (χ0v) is 19.6. The molecule has 0 saturated heterocycles. The van der Waals surface area contributed by atoms with Gasteiger partial charge >= 0.3 is 0 Å². The van der Waals surface area contributed by atoms with Gasteiger partial charge in [-0.2, -0.15) is 0 Å². The van der Waals surface area contributed by atoms with Crippen LogP contribution in [0.3, 0.4) is 0 Å². The van der Waals surface area contributed by atoms with E-state index in [2.05, 4.69) is 0 Å². The van der Waals surface area contributed by atoms with Crippen molar-refractivity contribution < 1.29 is 17.5 Å². The van der Waals surface area contributed by atoms with Crippen molar-refractivity contribution in [2.24, 2.45) is 5.73 Å². The molecule has 0 atom stereocenters. The minimum atomic E-state index is -3.59. The lowest BCUT2D eigenvalue weighted by molar-refractivity contribution is 0.415. The van der Waals surface area contributed by atoms with Crippen LogP contribution in [0, 0.1) is 6.92 Å². The van der Waals surface area contributed by atoms with Crippen LogP contribution in [0.2, 0.25) is 0 Å². The third-order valence-corrected chi connectivity index (χ3v) is 6.89. The maximum atomic E-state index is 14.3. The lowest BCUT2D eigenvalue weighted by atomic mass is 10.0. The highest BCUT2D eigenvalue weighted by Gasteiger charge is 2.21. The third-order valence-electron chi connectivity index (χ3n) is 5.08. The number of methoxy groups -OCH3 is 1. The quantitative estimate of drug-likeness (QED) is 0.567. The highest BCUT2D eigenvalue weighted by Crippen LogP contribution is 2.38. The van der Waals surface area contributed by atoms with E-state index in [0.29, 0.717) is 5.75 Å². The summed E-state index contributed by atoms with van der Waals surface area (Å²) in [5.74, 6) is 0.333. The fourth-order valence-corrected chi connectivity index (χ4v) is 4.47. The normalized spacial score (nSPS) is 12.3. The highest BCUT2D eigenvalue weighted by molar-refractivity contribution is 7.89. The number of nitrogens with zero attached hydrogens (tertiary/aromatic N) is 2. The van der Waals surface area contributed by atoms with Gasteiger partial charge in [0, 0.05) is 42.8 Å². The Morgan fingerprint density at radius 3 is 2.55 bits per heavy atom. The molecule has 168 valence electrons. The van der Waals surface area contributed by atoms with Crippen molar-refractivity contribution in [3.63, 3.8) is 0 Å². The van der Waals surface area contributed by atoms with E-state index in [0.717, 1.165) is 27.7 Å². The van der Waals surface area contributed by atoms with Crippen molar-refractivity contribution in [3.8, 4) is 16.9 Å². The molecular weight excluding hydrogens is 441 g/mol. The number of halogens is 2. The molecule has 0 amide bonds. The number of hydrogen-bond acceptors (Lipinski definition) is 4. The zero-order chi connectivity index (χ0) is 22.1. The lowest BCUT2D eigenvalue weighted by Gasteiger charge is -2.13. The molecule has 0 aliphatic rings. The third kappa shape index (κ3) is 4.77. The summed E-state index contributed by atoms with van der Waals surface area (Å²) >= 11 is 0. The van der Waals surface area contributed by atoms with Crippen LogP contribution in [0.1, 0.15) is 5.69 Å². The molecule has 2 aromatic carbocycles. The summed E-state index contributed by atoms with van der Waals surface area (Å²) in [6, 6.07) is 12.4. The molecule has 9 heteroatoms. The van der Waals surface area contributed by atoms with E-state index in [-0.39, 0.29) is 36.2 Å². The van der Waals surface area contributed by atoms with Crippen LogP contribution >= 0.6 is 12.4 Å². The van der Waals surface area contributed by atoms with Gasteiger partial charge in [-0.25, -0.2) is 17.1 Å². The number of ether oxygens (including phenoxy) is 1. The predicted octanol–water partition coefficient (Wildman–Crippen LogP) is 4.11. The molecule has 0 fully saturated rings. The van der Waals surface area contributed by atoms with Gasteiger partial charge in [0.25, 0.3) is 0 Å². The van der Waals surface area contributed by atoms with E-state index in [4.69, 9.17) is 10.5 Å². The zero-order valence-electron chi connectivity index (χ0n) is 17.9. The summed E-state index contributed by atoms with van der Waals surface area (Å²) in [5, 5.41) is 0.854. The van der Waals surface area contributed by atoms with Crippen molar-refractivity contribution in [3.05, 3.63) is 60.1 Å². The molecule has 1 aromatic heterocycles. The Morgan fingerprint density at radius 1 is 1.23 bits per heavy atom. The fraction of sp³-hybridized carbons (Fsp3) is 0.273. The van der Waals surface area contributed by atoms with E-state index >= 15 is 0 Å². The topological polar surface area (TPSA) is 77.6 Å². The van der Waals surface area contributed by atoms with Crippen molar-refractivity contribution in [2.45, 2.75) is 18.4 Å².